The second kappa shape index (κ2) is 7.00. The highest BCUT2D eigenvalue weighted by atomic mass is 16.6. The summed E-state index contributed by atoms with van der Waals surface area (Å²) in [6.07, 6.45) is 6.19. The van der Waals surface area contributed by atoms with Gasteiger partial charge in [0.25, 0.3) is 0 Å². The molecule has 0 saturated heterocycles. The Kier molecular flexibility index (Phi) is 4.98. The third-order valence-corrected chi connectivity index (χ3v) is 5.30. The average molecular weight is 328 g/mol. The number of aliphatic hydroxyl groups is 1. The molecule has 3 nitrogen and oxygen atoms in total. The minimum atomic E-state index is -0.515. The van der Waals surface area contributed by atoms with Gasteiger partial charge in [0, 0.05) is 12.3 Å². The molecular formula is C21H28O3. The molecule has 1 aliphatic carbocycles. The predicted octanol–water partition coefficient (Wildman–Crippen LogP) is 5.28. The first-order chi connectivity index (χ1) is 11.6. The molecule has 3 heteroatoms. The molecule has 0 radical (unpaired) electrons. The highest BCUT2D eigenvalue weighted by Crippen LogP contribution is 2.50. The number of carbonyl (C=O) groups is 1. The summed E-state index contributed by atoms with van der Waals surface area (Å²) >= 11 is 0. The van der Waals surface area contributed by atoms with Gasteiger partial charge in [0.1, 0.15) is 11.4 Å². The summed E-state index contributed by atoms with van der Waals surface area (Å²) in [5.41, 5.74) is 1.10. The number of aliphatic hydroxyl groups excluding tert-OH is 1. The lowest BCUT2D eigenvalue weighted by Crippen LogP contribution is -2.41. The van der Waals surface area contributed by atoms with Crippen LogP contribution in [0.3, 0.4) is 0 Å². The van der Waals surface area contributed by atoms with Crippen molar-refractivity contribution in [2.24, 2.45) is 5.92 Å². The van der Waals surface area contributed by atoms with Crippen molar-refractivity contribution in [1.82, 2.24) is 0 Å². The Morgan fingerprint density at radius 3 is 2.29 bits per heavy atom. The first kappa shape index (κ1) is 17.1. The molecule has 0 bridgehead atoms. The first-order valence-corrected chi connectivity index (χ1v) is 9.30. The van der Waals surface area contributed by atoms with Crippen LogP contribution in [0.5, 0.6) is 0 Å². The summed E-state index contributed by atoms with van der Waals surface area (Å²) in [4.78, 5) is 12.9. The zero-order valence-corrected chi connectivity index (χ0v) is 14.8. The maximum atomic E-state index is 12.9. The van der Waals surface area contributed by atoms with E-state index < -0.39 is 5.60 Å². The Bertz CT molecular complexity index is 607. The second-order valence-corrected chi connectivity index (χ2v) is 7.34. The van der Waals surface area contributed by atoms with Crippen LogP contribution in [0.4, 0.5) is 0 Å². The van der Waals surface area contributed by atoms with Crippen LogP contribution in [0, 0.1) is 5.92 Å². The van der Waals surface area contributed by atoms with E-state index in [-0.39, 0.29) is 17.6 Å². The summed E-state index contributed by atoms with van der Waals surface area (Å²) in [5.74, 6) is 0.372. The van der Waals surface area contributed by atoms with Gasteiger partial charge in [0.2, 0.25) is 0 Å². The van der Waals surface area contributed by atoms with Gasteiger partial charge in [-0.25, -0.2) is 4.79 Å². The van der Waals surface area contributed by atoms with Crippen molar-refractivity contribution in [2.75, 3.05) is 0 Å². The molecule has 0 spiro atoms. The van der Waals surface area contributed by atoms with Crippen molar-refractivity contribution in [3.8, 4) is 0 Å². The van der Waals surface area contributed by atoms with Crippen LogP contribution >= 0.6 is 0 Å². The number of rotatable bonds is 7. The minimum absolute atomic E-state index is 0.0278. The molecule has 1 aromatic carbocycles. The molecule has 1 heterocycles. The van der Waals surface area contributed by atoms with Gasteiger partial charge in [-0.1, -0.05) is 57.0 Å². The lowest BCUT2D eigenvalue weighted by molar-refractivity contribution is -0.161. The summed E-state index contributed by atoms with van der Waals surface area (Å²) in [6, 6.07) is 10.1. The first-order valence-electron chi connectivity index (χ1n) is 9.30. The van der Waals surface area contributed by atoms with E-state index in [9.17, 15) is 9.90 Å². The van der Waals surface area contributed by atoms with Crippen molar-refractivity contribution in [3.05, 3.63) is 47.2 Å². The van der Waals surface area contributed by atoms with E-state index >= 15 is 0 Å². The number of cyclic esters (lactones) is 1. The van der Waals surface area contributed by atoms with Gasteiger partial charge in [0.15, 0.2) is 0 Å². The van der Waals surface area contributed by atoms with E-state index in [4.69, 9.17) is 4.74 Å². The number of hydrogen-bond donors (Lipinski definition) is 1. The zero-order valence-electron chi connectivity index (χ0n) is 14.8. The molecule has 1 unspecified atom stereocenters. The summed E-state index contributed by atoms with van der Waals surface area (Å²) in [5, 5.41) is 10.8. The number of ether oxygens (including phenoxy) is 1. The summed E-state index contributed by atoms with van der Waals surface area (Å²) in [7, 11) is 0. The summed E-state index contributed by atoms with van der Waals surface area (Å²) < 4.78 is 5.96. The van der Waals surface area contributed by atoms with E-state index in [0.717, 1.165) is 44.1 Å². The Morgan fingerprint density at radius 1 is 1.17 bits per heavy atom. The maximum Gasteiger partial charge on any atom is 0.338 e. The topological polar surface area (TPSA) is 46.5 Å². The number of hydrogen-bond acceptors (Lipinski definition) is 3. The van der Waals surface area contributed by atoms with Crippen LogP contribution < -0.4 is 0 Å². The Hall–Kier alpha value is -1.77. The van der Waals surface area contributed by atoms with Gasteiger partial charge in [-0.2, -0.15) is 0 Å². The van der Waals surface area contributed by atoms with Crippen LogP contribution in [0.25, 0.3) is 0 Å². The third-order valence-electron chi connectivity index (χ3n) is 5.30. The molecule has 3 rings (SSSR count). The smallest absolute Gasteiger partial charge is 0.338 e. The van der Waals surface area contributed by atoms with Crippen molar-refractivity contribution in [3.63, 3.8) is 0 Å². The molecule has 0 aromatic heterocycles. The van der Waals surface area contributed by atoms with Crippen molar-refractivity contribution in [2.45, 2.75) is 70.3 Å². The number of carbonyl (C=O) groups excluding carboxylic acids is 1. The van der Waals surface area contributed by atoms with E-state index in [1.807, 2.05) is 18.2 Å². The molecule has 1 fully saturated rings. The Labute approximate surface area is 144 Å². The lowest BCUT2D eigenvalue weighted by atomic mass is 9.79. The van der Waals surface area contributed by atoms with Gasteiger partial charge >= 0.3 is 5.97 Å². The van der Waals surface area contributed by atoms with Crippen LogP contribution in [0.2, 0.25) is 0 Å². The fraction of sp³-hybridized carbons (Fsp3) is 0.571. The standard InChI is InChI=1S/C21H28O3/c1-3-12-21(13-4-2)14-17(22)19(20(23)24-21)18(16-10-11-16)15-8-6-5-7-9-15/h5-9,16,18,22H,3-4,10-14H2,1-2H3. The van der Waals surface area contributed by atoms with Crippen LogP contribution in [-0.4, -0.2) is 16.7 Å². The predicted molar refractivity (Wildman–Crippen MR) is 94.8 cm³/mol. The molecule has 24 heavy (non-hydrogen) atoms. The van der Waals surface area contributed by atoms with E-state index in [1.54, 1.807) is 0 Å². The highest BCUT2D eigenvalue weighted by molar-refractivity contribution is 5.92. The molecule has 1 aliphatic heterocycles. The van der Waals surface area contributed by atoms with E-state index in [2.05, 4.69) is 26.0 Å². The zero-order chi connectivity index (χ0) is 17.2. The largest absolute Gasteiger partial charge is 0.512 e. The maximum absolute atomic E-state index is 12.9. The van der Waals surface area contributed by atoms with Crippen molar-refractivity contribution >= 4 is 5.97 Å². The monoisotopic (exact) mass is 328 g/mol. The highest BCUT2D eigenvalue weighted by Gasteiger charge is 2.46. The normalized spacial score (nSPS) is 21.5. The van der Waals surface area contributed by atoms with Gasteiger partial charge in [0.05, 0.1) is 5.57 Å². The molecule has 1 saturated carbocycles. The van der Waals surface area contributed by atoms with Crippen LogP contribution in [0.15, 0.2) is 41.7 Å². The Morgan fingerprint density at radius 2 is 1.79 bits per heavy atom. The van der Waals surface area contributed by atoms with Crippen molar-refractivity contribution in [1.29, 1.82) is 0 Å². The fourth-order valence-corrected chi connectivity index (χ4v) is 4.19. The second-order valence-electron chi connectivity index (χ2n) is 7.34. The molecule has 2 aliphatic rings. The number of benzene rings is 1. The quantitative estimate of drug-likeness (QED) is 0.693. The van der Waals surface area contributed by atoms with Gasteiger partial charge in [-0.3, -0.25) is 0 Å². The molecule has 130 valence electrons. The molecule has 1 N–H and O–H groups in total. The van der Waals surface area contributed by atoms with E-state index in [0.29, 0.717) is 17.9 Å². The van der Waals surface area contributed by atoms with Crippen LogP contribution in [0.1, 0.15) is 70.3 Å². The van der Waals surface area contributed by atoms with Gasteiger partial charge in [-0.15, -0.1) is 0 Å². The van der Waals surface area contributed by atoms with Crippen LogP contribution in [-0.2, 0) is 9.53 Å². The van der Waals surface area contributed by atoms with Crippen molar-refractivity contribution < 1.29 is 14.6 Å². The minimum Gasteiger partial charge on any atom is -0.512 e. The SMILES string of the molecule is CCCC1(CCC)CC(O)=C(C(c2ccccc2)C2CC2)C(=O)O1. The fourth-order valence-electron chi connectivity index (χ4n) is 4.19. The Balaban J connectivity index is 1.95. The average Bonchev–Trinajstić information content (AvgIpc) is 3.37. The lowest BCUT2D eigenvalue weighted by Gasteiger charge is -2.38. The van der Waals surface area contributed by atoms with Gasteiger partial charge < -0.3 is 9.84 Å². The molecule has 1 aromatic rings. The third kappa shape index (κ3) is 3.35. The number of esters is 1. The molecular weight excluding hydrogens is 300 g/mol. The molecule has 0 amide bonds. The summed E-state index contributed by atoms with van der Waals surface area (Å²) in [6.45, 7) is 4.19. The van der Waals surface area contributed by atoms with Gasteiger partial charge in [-0.05, 0) is 37.2 Å². The van der Waals surface area contributed by atoms with E-state index in [1.165, 1.54) is 0 Å². The molecule has 1 atom stereocenters.